The molecule has 1 aliphatic heterocycles. The minimum absolute atomic E-state index is 0.190. The number of anilines is 1. The SMILES string of the molecule is O=C(Nc1cc(-n2ccnc2)ncn1)c1ccc(S(=O)(=O)N2CCCC2)cc1. The van der Waals surface area contributed by atoms with Crippen LogP contribution in [0.5, 0.6) is 0 Å². The van der Waals surface area contributed by atoms with Crippen molar-refractivity contribution in [3.63, 3.8) is 0 Å². The Morgan fingerprint density at radius 3 is 2.50 bits per heavy atom. The molecule has 3 heterocycles. The molecule has 0 aliphatic carbocycles. The lowest BCUT2D eigenvalue weighted by Crippen LogP contribution is -2.27. The maximum absolute atomic E-state index is 12.6. The van der Waals surface area contributed by atoms with Gasteiger partial charge in [0, 0.05) is 37.1 Å². The predicted octanol–water partition coefficient (Wildman–Crippen LogP) is 1.70. The molecule has 0 bridgehead atoms. The van der Waals surface area contributed by atoms with E-state index in [2.05, 4.69) is 20.3 Å². The van der Waals surface area contributed by atoms with Gasteiger partial charge in [-0.05, 0) is 37.1 Å². The molecule has 0 unspecified atom stereocenters. The molecule has 1 amide bonds. The van der Waals surface area contributed by atoms with E-state index >= 15 is 0 Å². The first-order valence-electron chi connectivity index (χ1n) is 8.76. The van der Waals surface area contributed by atoms with Crippen molar-refractivity contribution in [2.24, 2.45) is 0 Å². The van der Waals surface area contributed by atoms with E-state index in [1.54, 1.807) is 29.4 Å². The summed E-state index contributed by atoms with van der Waals surface area (Å²) in [5, 5.41) is 2.69. The number of nitrogens with zero attached hydrogens (tertiary/aromatic N) is 5. The number of hydrogen-bond donors (Lipinski definition) is 1. The molecule has 1 aliphatic rings. The smallest absolute Gasteiger partial charge is 0.256 e. The normalized spacial score (nSPS) is 14.9. The van der Waals surface area contributed by atoms with Crippen molar-refractivity contribution in [1.29, 1.82) is 0 Å². The maximum Gasteiger partial charge on any atom is 0.256 e. The van der Waals surface area contributed by atoms with Crippen LogP contribution in [0, 0.1) is 0 Å². The molecule has 10 heteroatoms. The van der Waals surface area contributed by atoms with Gasteiger partial charge in [0.1, 0.15) is 24.3 Å². The Labute approximate surface area is 162 Å². The number of carbonyl (C=O) groups is 1. The van der Waals surface area contributed by atoms with Crippen LogP contribution in [0.3, 0.4) is 0 Å². The summed E-state index contributed by atoms with van der Waals surface area (Å²) < 4.78 is 28.3. The van der Waals surface area contributed by atoms with E-state index in [-0.39, 0.29) is 10.8 Å². The van der Waals surface area contributed by atoms with Crippen molar-refractivity contribution in [3.05, 3.63) is 60.9 Å². The quantitative estimate of drug-likeness (QED) is 0.700. The zero-order valence-corrected chi connectivity index (χ0v) is 15.7. The predicted molar refractivity (Wildman–Crippen MR) is 102 cm³/mol. The van der Waals surface area contributed by atoms with E-state index in [0.717, 1.165) is 12.8 Å². The monoisotopic (exact) mass is 398 g/mol. The molecule has 0 spiro atoms. The van der Waals surface area contributed by atoms with Gasteiger partial charge in [-0.15, -0.1) is 0 Å². The van der Waals surface area contributed by atoms with Gasteiger partial charge in [-0.2, -0.15) is 4.31 Å². The molecule has 4 rings (SSSR count). The Hall–Kier alpha value is -3.11. The van der Waals surface area contributed by atoms with Crippen molar-refractivity contribution in [1.82, 2.24) is 23.8 Å². The number of aromatic nitrogens is 4. The van der Waals surface area contributed by atoms with Gasteiger partial charge < -0.3 is 5.32 Å². The number of amides is 1. The summed E-state index contributed by atoms with van der Waals surface area (Å²) >= 11 is 0. The summed E-state index contributed by atoms with van der Waals surface area (Å²) in [6, 6.07) is 7.53. The van der Waals surface area contributed by atoms with Crippen molar-refractivity contribution >= 4 is 21.7 Å². The van der Waals surface area contributed by atoms with Crippen LogP contribution in [0.4, 0.5) is 5.82 Å². The third kappa shape index (κ3) is 3.64. The van der Waals surface area contributed by atoms with E-state index in [4.69, 9.17) is 0 Å². The largest absolute Gasteiger partial charge is 0.306 e. The number of rotatable bonds is 5. The molecular weight excluding hydrogens is 380 g/mol. The van der Waals surface area contributed by atoms with E-state index in [1.807, 2.05) is 0 Å². The third-order valence-corrected chi connectivity index (χ3v) is 6.40. The van der Waals surface area contributed by atoms with Gasteiger partial charge in [0.15, 0.2) is 0 Å². The number of hydrogen-bond acceptors (Lipinski definition) is 6. The van der Waals surface area contributed by atoms with Crippen molar-refractivity contribution < 1.29 is 13.2 Å². The second-order valence-electron chi connectivity index (χ2n) is 6.32. The van der Waals surface area contributed by atoms with Gasteiger partial charge >= 0.3 is 0 Å². The zero-order chi connectivity index (χ0) is 19.6. The van der Waals surface area contributed by atoms with Crippen molar-refractivity contribution in [2.45, 2.75) is 17.7 Å². The fourth-order valence-corrected chi connectivity index (χ4v) is 4.51. The van der Waals surface area contributed by atoms with E-state index in [0.29, 0.717) is 30.3 Å². The molecule has 0 radical (unpaired) electrons. The van der Waals surface area contributed by atoms with Gasteiger partial charge in [-0.25, -0.2) is 23.4 Å². The maximum atomic E-state index is 12.6. The number of carbonyl (C=O) groups excluding carboxylic acids is 1. The second-order valence-corrected chi connectivity index (χ2v) is 8.26. The molecule has 1 N–H and O–H groups in total. The van der Waals surface area contributed by atoms with Gasteiger partial charge in [0.2, 0.25) is 10.0 Å². The molecule has 28 heavy (non-hydrogen) atoms. The first-order valence-corrected chi connectivity index (χ1v) is 10.2. The van der Waals surface area contributed by atoms with Crippen LogP contribution in [0.15, 0.2) is 60.3 Å². The molecule has 9 nitrogen and oxygen atoms in total. The number of sulfonamides is 1. The molecule has 2 aromatic heterocycles. The second kappa shape index (κ2) is 7.49. The summed E-state index contributed by atoms with van der Waals surface area (Å²) in [5.74, 6) is 0.507. The van der Waals surface area contributed by atoms with Crippen LogP contribution in [0.2, 0.25) is 0 Å². The molecule has 144 valence electrons. The average molecular weight is 398 g/mol. The minimum Gasteiger partial charge on any atom is -0.306 e. The summed E-state index contributed by atoms with van der Waals surface area (Å²) in [7, 11) is -3.50. The lowest BCUT2D eigenvalue weighted by molar-refractivity contribution is 0.102. The Balaban J connectivity index is 1.49. The van der Waals surface area contributed by atoms with E-state index in [9.17, 15) is 13.2 Å². The lowest BCUT2D eigenvalue weighted by Gasteiger charge is -2.15. The van der Waals surface area contributed by atoms with Crippen LogP contribution in [0.25, 0.3) is 5.82 Å². The van der Waals surface area contributed by atoms with Gasteiger partial charge in [-0.1, -0.05) is 0 Å². The Morgan fingerprint density at radius 2 is 1.82 bits per heavy atom. The minimum atomic E-state index is -3.50. The van der Waals surface area contributed by atoms with E-state index < -0.39 is 10.0 Å². The number of nitrogens with one attached hydrogen (secondary N) is 1. The Morgan fingerprint density at radius 1 is 1.07 bits per heavy atom. The highest BCUT2D eigenvalue weighted by molar-refractivity contribution is 7.89. The molecule has 1 aromatic carbocycles. The highest BCUT2D eigenvalue weighted by Crippen LogP contribution is 2.21. The average Bonchev–Trinajstić information content (AvgIpc) is 3.42. The highest BCUT2D eigenvalue weighted by atomic mass is 32.2. The highest BCUT2D eigenvalue weighted by Gasteiger charge is 2.27. The molecular formula is C18H18N6O3S. The van der Waals surface area contributed by atoms with Crippen LogP contribution < -0.4 is 5.32 Å². The Bertz CT molecular complexity index is 1070. The summed E-state index contributed by atoms with van der Waals surface area (Å²) in [5.41, 5.74) is 0.336. The summed E-state index contributed by atoms with van der Waals surface area (Å²) in [6.45, 7) is 1.08. The molecule has 3 aromatic rings. The Kier molecular flexibility index (Phi) is 4.88. The van der Waals surface area contributed by atoms with Gasteiger partial charge in [-0.3, -0.25) is 9.36 Å². The topological polar surface area (TPSA) is 110 Å². The van der Waals surface area contributed by atoms with Crippen LogP contribution in [-0.4, -0.2) is 51.2 Å². The van der Waals surface area contributed by atoms with Gasteiger partial charge in [0.25, 0.3) is 5.91 Å². The fraction of sp³-hybridized carbons (Fsp3) is 0.222. The van der Waals surface area contributed by atoms with Crippen LogP contribution >= 0.6 is 0 Å². The number of imidazole rings is 1. The fourth-order valence-electron chi connectivity index (χ4n) is 3.00. The van der Waals surface area contributed by atoms with E-state index in [1.165, 1.54) is 34.9 Å². The first kappa shape index (κ1) is 18.3. The lowest BCUT2D eigenvalue weighted by atomic mass is 10.2. The molecule has 0 atom stereocenters. The van der Waals surface area contributed by atoms with Crippen molar-refractivity contribution in [2.75, 3.05) is 18.4 Å². The van der Waals surface area contributed by atoms with Crippen LogP contribution in [-0.2, 0) is 10.0 Å². The third-order valence-electron chi connectivity index (χ3n) is 4.48. The molecule has 0 saturated carbocycles. The zero-order valence-electron chi connectivity index (χ0n) is 14.9. The standard InChI is InChI=1S/C18H18N6O3S/c25-18(22-16-11-17(21-12-20-16)23-10-7-19-13-23)14-3-5-15(6-4-14)28(26,27)24-8-1-2-9-24/h3-7,10-13H,1-2,8-9H2,(H,20,21,22,25). The van der Waals surface area contributed by atoms with Gasteiger partial charge in [0.05, 0.1) is 4.90 Å². The molecule has 1 saturated heterocycles. The van der Waals surface area contributed by atoms with Crippen molar-refractivity contribution in [3.8, 4) is 5.82 Å². The van der Waals surface area contributed by atoms with Crippen LogP contribution in [0.1, 0.15) is 23.2 Å². The molecule has 1 fully saturated rings. The summed E-state index contributed by atoms with van der Waals surface area (Å²) in [4.78, 5) is 24.8. The summed E-state index contributed by atoms with van der Waals surface area (Å²) in [6.07, 6.45) is 8.04. The number of benzene rings is 1. The first-order chi connectivity index (χ1) is 13.5.